The lowest BCUT2D eigenvalue weighted by Crippen LogP contribution is -2.31. The zero-order valence-electron chi connectivity index (χ0n) is 17.3. The first-order valence-electron chi connectivity index (χ1n) is 10.5. The largest absolute Gasteiger partial charge is 0.497 e. The number of fused-ring (bicyclic) bond motifs is 1. The van der Waals surface area contributed by atoms with Crippen molar-refractivity contribution in [1.29, 1.82) is 0 Å². The lowest BCUT2D eigenvalue weighted by molar-refractivity contribution is -0.122. The van der Waals surface area contributed by atoms with E-state index >= 15 is 0 Å². The SMILES string of the molecule is COc1cccc(C2=C[C@@H](c3ccccc3)[C@H]3C(=O)N(c4ccccc4)C(=O)[C@H]3C2)c1. The van der Waals surface area contributed by atoms with Gasteiger partial charge in [-0.2, -0.15) is 0 Å². The third kappa shape index (κ3) is 3.34. The summed E-state index contributed by atoms with van der Waals surface area (Å²) in [6.07, 6.45) is 2.71. The van der Waals surface area contributed by atoms with Crippen molar-refractivity contribution >= 4 is 23.1 Å². The summed E-state index contributed by atoms with van der Waals surface area (Å²) in [6.45, 7) is 0. The molecule has 2 amide bonds. The van der Waals surface area contributed by atoms with Gasteiger partial charge in [0.1, 0.15) is 5.75 Å². The predicted molar refractivity (Wildman–Crippen MR) is 121 cm³/mol. The Morgan fingerprint density at radius 1 is 0.839 bits per heavy atom. The number of amides is 2. The van der Waals surface area contributed by atoms with Crippen LogP contribution in [0.25, 0.3) is 5.57 Å². The molecule has 2 aliphatic rings. The number of ether oxygens (including phenoxy) is 1. The van der Waals surface area contributed by atoms with E-state index in [0.717, 1.165) is 22.4 Å². The first kappa shape index (κ1) is 19.3. The highest BCUT2D eigenvalue weighted by molar-refractivity contribution is 6.23. The van der Waals surface area contributed by atoms with E-state index in [1.54, 1.807) is 7.11 Å². The van der Waals surface area contributed by atoms with Crippen molar-refractivity contribution < 1.29 is 14.3 Å². The average Bonchev–Trinajstić information content (AvgIpc) is 3.09. The van der Waals surface area contributed by atoms with Gasteiger partial charge in [-0.25, -0.2) is 0 Å². The fraction of sp³-hybridized carbons (Fsp3) is 0.185. The van der Waals surface area contributed by atoms with Crippen LogP contribution in [0.2, 0.25) is 0 Å². The number of imide groups is 1. The number of benzene rings is 3. The highest BCUT2D eigenvalue weighted by Gasteiger charge is 2.53. The molecular weight excluding hydrogens is 386 g/mol. The van der Waals surface area contributed by atoms with Gasteiger partial charge in [0.2, 0.25) is 11.8 Å². The molecule has 1 saturated heterocycles. The lowest BCUT2D eigenvalue weighted by Gasteiger charge is -2.30. The van der Waals surface area contributed by atoms with E-state index in [9.17, 15) is 9.59 Å². The Morgan fingerprint density at radius 3 is 2.26 bits per heavy atom. The number of para-hydroxylation sites is 1. The van der Waals surface area contributed by atoms with E-state index in [1.165, 1.54) is 4.90 Å². The molecule has 0 aromatic heterocycles. The van der Waals surface area contributed by atoms with Crippen LogP contribution in [0.4, 0.5) is 5.69 Å². The minimum atomic E-state index is -0.399. The van der Waals surface area contributed by atoms with Gasteiger partial charge in [-0.1, -0.05) is 66.7 Å². The monoisotopic (exact) mass is 409 g/mol. The van der Waals surface area contributed by atoms with Gasteiger partial charge >= 0.3 is 0 Å². The van der Waals surface area contributed by atoms with Gasteiger partial charge in [0.25, 0.3) is 0 Å². The lowest BCUT2D eigenvalue weighted by atomic mass is 9.70. The van der Waals surface area contributed by atoms with Gasteiger partial charge in [-0.15, -0.1) is 0 Å². The van der Waals surface area contributed by atoms with Crippen LogP contribution in [0.1, 0.15) is 23.5 Å². The maximum Gasteiger partial charge on any atom is 0.238 e. The molecule has 1 fully saturated rings. The molecule has 0 radical (unpaired) electrons. The molecule has 0 bridgehead atoms. The fourth-order valence-electron chi connectivity index (χ4n) is 4.84. The van der Waals surface area contributed by atoms with Crippen LogP contribution < -0.4 is 9.64 Å². The molecule has 1 heterocycles. The second-order valence-corrected chi connectivity index (χ2v) is 8.04. The second kappa shape index (κ2) is 7.88. The molecule has 3 aromatic carbocycles. The van der Waals surface area contributed by atoms with E-state index in [0.29, 0.717) is 12.1 Å². The predicted octanol–water partition coefficient (Wildman–Crippen LogP) is 5.07. The van der Waals surface area contributed by atoms with Crippen molar-refractivity contribution in [3.63, 3.8) is 0 Å². The molecule has 3 atom stereocenters. The quantitative estimate of drug-likeness (QED) is 0.565. The molecule has 4 heteroatoms. The molecule has 31 heavy (non-hydrogen) atoms. The zero-order chi connectivity index (χ0) is 21.4. The first-order chi connectivity index (χ1) is 15.2. The van der Waals surface area contributed by atoms with Crippen molar-refractivity contribution in [1.82, 2.24) is 0 Å². The van der Waals surface area contributed by atoms with E-state index in [-0.39, 0.29) is 23.7 Å². The minimum absolute atomic E-state index is 0.115. The number of carbonyl (C=O) groups excluding carboxylic acids is 2. The Labute approximate surface area is 181 Å². The summed E-state index contributed by atoms with van der Waals surface area (Å²) >= 11 is 0. The summed E-state index contributed by atoms with van der Waals surface area (Å²) in [4.78, 5) is 28.4. The number of allylic oxidation sites excluding steroid dienone is 2. The molecule has 4 nitrogen and oxygen atoms in total. The molecule has 154 valence electrons. The number of hydrogen-bond donors (Lipinski definition) is 0. The number of hydrogen-bond acceptors (Lipinski definition) is 3. The van der Waals surface area contributed by atoms with Crippen LogP contribution in [-0.4, -0.2) is 18.9 Å². The van der Waals surface area contributed by atoms with Crippen molar-refractivity contribution in [2.75, 3.05) is 12.0 Å². The molecule has 0 saturated carbocycles. The summed E-state index contributed by atoms with van der Waals surface area (Å²) in [5.74, 6) is -0.400. The molecule has 0 N–H and O–H groups in total. The molecular formula is C27H23NO3. The molecule has 3 aromatic rings. The molecule has 5 rings (SSSR count). The van der Waals surface area contributed by atoms with Crippen molar-refractivity contribution in [2.24, 2.45) is 11.8 Å². The topological polar surface area (TPSA) is 46.6 Å². The summed E-state index contributed by atoms with van der Waals surface area (Å²) in [7, 11) is 1.65. The Kier molecular flexibility index (Phi) is 4.91. The van der Waals surface area contributed by atoms with E-state index in [4.69, 9.17) is 4.74 Å². The number of carbonyl (C=O) groups is 2. The summed E-state index contributed by atoms with van der Waals surface area (Å²) in [5, 5.41) is 0. The Balaban J connectivity index is 1.61. The van der Waals surface area contributed by atoms with E-state index in [2.05, 4.69) is 6.08 Å². The number of anilines is 1. The number of rotatable bonds is 4. The van der Waals surface area contributed by atoms with Gasteiger partial charge in [-0.3, -0.25) is 14.5 Å². The third-order valence-electron chi connectivity index (χ3n) is 6.32. The van der Waals surface area contributed by atoms with Crippen molar-refractivity contribution in [3.8, 4) is 5.75 Å². The van der Waals surface area contributed by atoms with E-state index < -0.39 is 5.92 Å². The minimum Gasteiger partial charge on any atom is -0.497 e. The molecule has 1 aliphatic heterocycles. The Morgan fingerprint density at radius 2 is 1.55 bits per heavy atom. The highest BCUT2D eigenvalue weighted by Crippen LogP contribution is 2.48. The standard InChI is InChI=1S/C27H23NO3/c1-31-22-14-8-11-19(15-22)20-16-23(18-9-4-2-5-10-18)25-24(17-20)26(29)28(27(25)30)21-12-6-3-7-13-21/h2-16,23-25H,17H2,1H3/t23-,24-,25+/m0/s1. The zero-order valence-corrected chi connectivity index (χ0v) is 17.3. The maximum atomic E-state index is 13.5. The highest BCUT2D eigenvalue weighted by atomic mass is 16.5. The number of nitrogens with zero attached hydrogens (tertiary/aromatic N) is 1. The maximum absolute atomic E-state index is 13.5. The fourth-order valence-corrected chi connectivity index (χ4v) is 4.84. The molecule has 0 unspecified atom stereocenters. The first-order valence-corrected chi connectivity index (χ1v) is 10.5. The average molecular weight is 409 g/mol. The van der Waals surface area contributed by atoms with Crippen LogP contribution in [0.5, 0.6) is 5.75 Å². The van der Waals surface area contributed by atoms with Crippen LogP contribution in [-0.2, 0) is 9.59 Å². The van der Waals surface area contributed by atoms with Crippen LogP contribution in [0.15, 0.2) is 91.0 Å². The van der Waals surface area contributed by atoms with Gasteiger partial charge < -0.3 is 4.74 Å². The summed E-state index contributed by atoms with van der Waals surface area (Å²) < 4.78 is 5.40. The van der Waals surface area contributed by atoms with Crippen molar-refractivity contribution in [3.05, 3.63) is 102 Å². The summed E-state index contributed by atoms with van der Waals surface area (Å²) in [6, 6.07) is 27.1. The van der Waals surface area contributed by atoms with Gasteiger partial charge in [-0.05, 0) is 47.4 Å². The normalized spacial score (nSPS) is 22.8. The van der Waals surface area contributed by atoms with Crippen LogP contribution in [0, 0.1) is 11.8 Å². The smallest absolute Gasteiger partial charge is 0.238 e. The van der Waals surface area contributed by atoms with Gasteiger partial charge in [0, 0.05) is 5.92 Å². The Hall–Kier alpha value is -3.66. The van der Waals surface area contributed by atoms with Gasteiger partial charge in [0.05, 0.1) is 24.6 Å². The molecule has 0 spiro atoms. The van der Waals surface area contributed by atoms with Crippen LogP contribution >= 0.6 is 0 Å². The summed E-state index contributed by atoms with van der Waals surface area (Å²) in [5.41, 5.74) is 3.79. The Bertz CT molecular complexity index is 1150. The second-order valence-electron chi connectivity index (χ2n) is 8.04. The third-order valence-corrected chi connectivity index (χ3v) is 6.32. The van der Waals surface area contributed by atoms with Gasteiger partial charge in [0.15, 0.2) is 0 Å². The number of methoxy groups -OCH3 is 1. The van der Waals surface area contributed by atoms with E-state index in [1.807, 2.05) is 84.9 Å². The molecule has 1 aliphatic carbocycles. The van der Waals surface area contributed by atoms with Crippen LogP contribution in [0.3, 0.4) is 0 Å². The van der Waals surface area contributed by atoms with Crippen molar-refractivity contribution in [2.45, 2.75) is 12.3 Å².